The number of hydrogen-bond acceptors (Lipinski definition) is 4. The van der Waals surface area contributed by atoms with Gasteiger partial charge in [-0.1, -0.05) is 13.8 Å². The molecule has 0 saturated heterocycles. The van der Waals surface area contributed by atoms with Crippen LogP contribution in [0.15, 0.2) is 18.2 Å². The molecule has 0 fully saturated rings. The lowest BCUT2D eigenvalue weighted by Crippen LogP contribution is -2.31. The van der Waals surface area contributed by atoms with Crippen LogP contribution in [0.5, 0.6) is 11.5 Å². The third kappa shape index (κ3) is 5.18. The van der Waals surface area contributed by atoms with Gasteiger partial charge in [-0.05, 0) is 18.1 Å². The smallest absolute Gasteiger partial charge is 0.257 e. The first-order valence-electron chi connectivity index (χ1n) is 6.24. The highest BCUT2D eigenvalue weighted by molar-refractivity contribution is 5.77. The van der Waals surface area contributed by atoms with Crippen molar-refractivity contribution in [2.45, 2.75) is 20.5 Å². The van der Waals surface area contributed by atoms with Crippen molar-refractivity contribution in [3.05, 3.63) is 23.8 Å². The standard InChI is InChI=1S/C14H21NO4/c1-10(2)7-15-14(17)9-19-13-6-12(18-3)5-4-11(13)8-16/h4-6,10,16H,7-9H2,1-3H3,(H,15,17). The molecule has 0 aliphatic carbocycles. The first-order valence-corrected chi connectivity index (χ1v) is 6.24. The maximum absolute atomic E-state index is 11.5. The Morgan fingerprint density at radius 3 is 2.74 bits per heavy atom. The van der Waals surface area contributed by atoms with Crippen LogP contribution in [0.25, 0.3) is 0 Å². The van der Waals surface area contributed by atoms with Crippen LogP contribution in [-0.2, 0) is 11.4 Å². The number of methoxy groups -OCH3 is 1. The quantitative estimate of drug-likeness (QED) is 0.782. The van der Waals surface area contributed by atoms with E-state index < -0.39 is 0 Å². The number of carbonyl (C=O) groups is 1. The monoisotopic (exact) mass is 267 g/mol. The molecule has 0 aliphatic rings. The third-order valence-electron chi connectivity index (χ3n) is 2.51. The van der Waals surface area contributed by atoms with Gasteiger partial charge in [0, 0.05) is 18.2 Å². The number of aliphatic hydroxyl groups excluding tert-OH is 1. The van der Waals surface area contributed by atoms with Crippen LogP contribution in [0.3, 0.4) is 0 Å². The lowest BCUT2D eigenvalue weighted by atomic mass is 10.2. The Morgan fingerprint density at radius 2 is 2.16 bits per heavy atom. The predicted octanol–water partition coefficient (Wildman–Crippen LogP) is 1.34. The maximum Gasteiger partial charge on any atom is 0.257 e. The van der Waals surface area contributed by atoms with Gasteiger partial charge in [0.2, 0.25) is 0 Å². The number of ether oxygens (including phenoxy) is 2. The summed E-state index contributed by atoms with van der Waals surface area (Å²) < 4.78 is 10.5. The predicted molar refractivity (Wildman–Crippen MR) is 72.3 cm³/mol. The van der Waals surface area contributed by atoms with E-state index in [-0.39, 0.29) is 19.1 Å². The molecule has 0 radical (unpaired) electrons. The van der Waals surface area contributed by atoms with Crippen molar-refractivity contribution in [2.75, 3.05) is 20.3 Å². The fraction of sp³-hybridized carbons (Fsp3) is 0.500. The normalized spacial score (nSPS) is 10.4. The van der Waals surface area contributed by atoms with Gasteiger partial charge in [-0.3, -0.25) is 4.79 Å². The van der Waals surface area contributed by atoms with Crippen molar-refractivity contribution >= 4 is 5.91 Å². The van der Waals surface area contributed by atoms with Gasteiger partial charge in [-0.2, -0.15) is 0 Å². The van der Waals surface area contributed by atoms with Crippen LogP contribution in [0, 0.1) is 5.92 Å². The van der Waals surface area contributed by atoms with Gasteiger partial charge in [0.05, 0.1) is 13.7 Å². The molecule has 0 aromatic heterocycles. The van der Waals surface area contributed by atoms with E-state index in [9.17, 15) is 9.90 Å². The Morgan fingerprint density at radius 1 is 1.42 bits per heavy atom. The van der Waals surface area contributed by atoms with Crippen LogP contribution < -0.4 is 14.8 Å². The highest BCUT2D eigenvalue weighted by Gasteiger charge is 2.08. The van der Waals surface area contributed by atoms with Crippen molar-refractivity contribution in [3.63, 3.8) is 0 Å². The first kappa shape index (κ1) is 15.3. The lowest BCUT2D eigenvalue weighted by Gasteiger charge is -2.12. The van der Waals surface area contributed by atoms with Crippen molar-refractivity contribution < 1.29 is 19.4 Å². The Labute approximate surface area is 113 Å². The second-order valence-corrected chi connectivity index (χ2v) is 4.62. The molecular formula is C14H21NO4. The zero-order chi connectivity index (χ0) is 14.3. The summed E-state index contributed by atoms with van der Waals surface area (Å²) in [5.41, 5.74) is 0.623. The van der Waals surface area contributed by atoms with Crippen molar-refractivity contribution in [1.29, 1.82) is 0 Å². The van der Waals surface area contributed by atoms with Crippen LogP contribution in [0.1, 0.15) is 19.4 Å². The minimum Gasteiger partial charge on any atom is -0.497 e. The molecule has 5 nitrogen and oxygen atoms in total. The second kappa shape index (κ2) is 7.63. The Kier molecular flexibility index (Phi) is 6.15. The topological polar surface area (TPSA) is 67.8 Å². The van der Waals surface area contributed by atoms with E-state index in [4.69, 9.17) is 9.47 Å². The van der Waals surface area contributed by atoms with Crippen molar-refractivity contribution in [2.24, 2.45) is 5.92 Å². The van der Waals surface area contributed by atoms with Gasteiger partial charge in [-0.25, -0.2) is 0 Å². The summed E-state index contributed by atoms with van der Waals surface area (Å²) in [6, 6.07) is 5.10. The summed E-state index contributed by atoms with van der Waals surface area (Å²) in [5.74, 6) is 1.30. The molecular weight excluding hydrogens is 246 g/mol. The molecule has 0 aliphatic heterocycles. The average Bonchev–Trinajstić information content (AvgIpc) is 2.42. The number of carbonyl (C=O) groups excluding carboxylic acids is 1. The average molecular weight is 267 g/mol. The van der Waals surface area contributed by atoms with Crippen LogP contribution in [0.4, 0.5) is 0 Å². The number of aliphatic hydroxyl groups is 1. The van der Waals surface area contributed by atoms with Crippen molar-refractivity contribution in [1.82, 2.24) is 5.32 Å². The summed E-state index contributed by atoms with van der Waals surface area (Å²) >= 11 is 0. The molecule has 0 saturated carbocycles. The van der Waals surface area contributed by atoms with Gasteiger partial charge in [0.25, 0.3) is 5.91 Å². The van der Waals surface area contributed by atoms with Gasteiger partial charge < -0.3 is 19.9 Å². The number of benzene rings is 1. The van der Waals surface area contributed by atoms with Crippen LogP contribution in [0.2, 0.25) is 0 Å². The minimum atomic E-state index is -0.180. The maximum atomic E-state index is 11.5. The van der Waals surface area contributed by atoms with Gasteiger partial charge in [0.15, 0.2) is 6.61 Å². The van der Waals surface area contributed by atoms with Crippen LogP contribution in [-0.4, -0.2) is 31.3 Å². The Bertz CT molecular complexity index is 418. The van der Waals surface area contributed by atoms with E-state index in [1.807, 2.05) is 13.8 Å². The van der Waals surface area contributed by atoms with E-state index in [1.54, 1.807) is 25.3 Å². The molecule has 0 bridgehead atoms. The molecule has 0 atom stereocenters. The van der Waals surface area contributed by atoms with E-state index in [0.717, 1.165) is 0 Å². The summed E-state index contributed by atoms with van der Waals surface area (Å²) in [6.07, 6.45) is 0. The van der Waals surface area contributed by atoms with Gasteiger partial charge >= 0.3 is 0 Å². The molecule has 1 aromatic carbocycles. The fourth-order valence-electron chi connectivity index (χ4n) is 1.44. The third-order valence-corrected chi connectivity index (χ3v) is 2.51. The summed E-state index contributed by atoms with van der Waals surface area (Å²) in [7, 11) is 1.55. The van der Waals surface area contributed by atoms with E-state index in [0.29, 0.717) is 29.5 Å². The van der Waals surface area contributed by atoms with Crippen LogP contribution >= 0.6 is 0 Å². The molecule has 1 rings (SSSR count). The van der Waals surface area contributed by atoms with E-state index >= 15 is 0 Å². The van der Waals surface area contributed by atoms with Crippen molar-refractivity contribution in [3.8, 4) is 11.5 Å². The molecule has 1 aromatic rings. The summed E-state index contributed by atoms with van der Waals surface area (Å²) in [5, 5.41) is 12.0. The lowest BCUT2D eigenvalue weighted by molar-refractivity contribution is -0.123. The molecule has 0 heterocycles. The minimum absolute atomic E-state index is 0.0765. The second-order valence-electron chi connectivity index (χ2n) is 4.62. The highest BCUT2D eigenvalue weighted by Crippen LogP contribution is 2.24. The fourth-order valence-corrected chi connectivity index (χ4v) is 1.44. The molecule has 0 unspecified atom stereocenters. The number of amides is 1. The zero-order valence-electron chi connectivity index (χ0n) is 11.6. The molecule has 5 heteroatoms. The molecule has 2 N–H and O–H groups in total. The number of hydrogen-bond donors (Lipinski definition) is 2. The van der Waals surface area contributed by atoms with E-state index in [1.165, 1.54) is 0 Å². The Hall–Kier alpha value is -1.75. The molecule has 19 heavy (non-hydrogen) atoms. The number of rotatable bonds is 7. The molecule has 1 amide bonds. The van der Waals surface area contributed by atoms with E-state index in [2.05, 4.69) is 5.32 Å². The Balaban J connectivity index is 2.58. The molecule has 0 spiro atoms. The van der Waals surface area contributed by atoms with Gasteiger partial charge in [0.1, 0.15) is 11.5 Å². The van der Waals surface area contributed by atoms with Gasteiger partial charge in [-0.15, -0.1) is 0 Å². The SMILES string of the molecule is COc1ccc(CO)c(OCC(=O)NCC(C)C)c1. The highest BCUT2D eigenvalue weighted by atomic mass is 16.5. The first-order chi connectivity index (χ1) is 9.06. The largest absolute Gasteiger partial charge is 0.497 e. The number of nitrogens with one attached hydrogen (secondary N) is 1. The zero-order valence-corrected chi connectivity index (χ0v) is 11.6. The molecule has 106 valence electrons. The summed E-state index contributed by atoms with van der Waals surface area (Å²) in [4.78, 5) is 11.5. The summed E-state index contributed by atoms with van der Waals surface area (Å²) in [6.45, 7) is 4.44.